The van der Waals surface area contributed by atoms with E-state index >= 15 is 0 Å². The number of carboxylic acid groups (broad SMARTS) is 1. The Bertz CT molecular complexity index is 284. The molecule has 0 spiro atoms. The van der Waals surface area contributed by atoms with Crippen molar-refractivity contribution in [3.05, 3.63) is 12.3 Å². The molecule has 0 aromatic carbocycles. The van der Waals surface area contributed by atoms with Gasteiger partial charge in [-0.05, 0) is 13.8 Å². The van der Waals surface area contributed by atoms with E-state index in [1.165, 1.54) is 6.20 Å². The molecule has 0 unspecified atom stereocenters. The van der Waals surface area contributed by atoms with Gasteiger partial charge < -0.3 is 15.3 Å². The van der Waals surface area contributed by atoms with Crippen LogP contribution in [0.4, 0.5) is 0 Å². The molecule has 5 nitrogen and oxygen atoms in total. The number of aliphatic carboxylic acids is 1. The van der Waals surface area contributed by atoms with E-state index in [1.54, 1.807) is 18.7 Å². The van der Waals surface area contributed by atoms with Crippen LogP contribution in [0.2, 0.25) is 0 Å². The zero-order chi connectivity index (χ0) is 10.8. The summed E-state index contributed by atoms with van der Waals surface area (Å²) in [6.07, 6.45) is 2.49. The van der Waals surface area contributed by atoms with Crippen molar-refractivity contribution >= 4 is 11.9 Å². The Labute approximate surface area is 82.4 Å². The van der Waals surface area contributed by atoms with E-state index in [-0.39, 0.29) is 5.91 Å². The first-order valence-electron chi connectivity index (χ1n) is 4.41. The standard InChI is InChI=1S/C9H14N2O3/c1-9(2)8(14)10-4-6-11(9)5-3-7(12)13/h3,5H,4,6H2,1-2H3,(H,10,14)(H,12,13). The molecule has 2 N–H and O–H groups in total. The Hall–Kier alpha value is -1.52. The highest BCUT2D eigenvalue weighted by molar-refractivity contribution is 5.86. The lowest BCUT2D eigenvalue weighted by Gasteiger charge is -2.40. The Morgan fingerprint density at radius 2 is 2.29 bits per heavy atom. The van der Waals surface area contributed by atoms with Gasteiger partial charge in [0.15, 0.2) is 0 Å². The summed E-state index contributed by atoms with van der Waals surface area (Å²) >= 11 is 0. The zero-order valence-electron chi connectivity index (χ0n) is 8.28. The fourth-order valence-corrected chi connectivity index (χ4v) is 1.33. The molecule has 0 atom stereocenters. The minimum atomic E-state index is -1.01. The van der Waals surface area contributed by atoms with Gasteiger partial charge in [0.25, 0.3) is 0 Å². The second-order valence-corrected chi connectivity index (χ2v) is 3.66. The maximum absolute atomic E-state index is 11.4. The van der Waals surface area contributed by atoms with Crippen molar-refractivity contribution < 1.29 is 14.7 Å². The summed E-state index contributed by atoms with van der Waals surface area (Å²) in [5.41, 5.74) is -0.676. The van der Waals surface area contributed by atoms with Gasteiger partial charge >= 0.3 is 5.97 Å². The first-order chi connectivity index (χ1) is 6.44. The molecule has 0 radical (unpaired) electrons. The van der Waals surface area contributed by atoms with Crippen LogP contribution in [0.3, 0.4) is 0 Å². The molecule has 1 rings (SSSR count). The highest BCUT2D eigenvalue weighted by Gasteiger charge is 2.35. The zero-order valence-corrected chi connectivity index (χ0v) is 8.28. The number of carbonyl (C=O) groups is 2. The molecule has 0 aliphatic carbocycles. The molecule has 0 aromatic heterocycles. The van der Waals surface area contributed by atoms with Crippen molar-refractivity contribution in [1.29, 1.82) is 0 Å². The molecule has 0 aromatic rings. The lowest BCUT2D eigenvalue weighted by molar-refractivity contribution is -0.134. The average molecular weight is 198 g/mol. The van der Waals surface area contributed by atoms with Crippen molar-refractivity contribution in [3.8, 4) is 0 Å². The second-order valence-electron chi connectivity index (χ2n) is 3.66. The Kier molecular flexibility index (Phi) is 2.78. The fourth-order valence-electron chi connectivity index (χ4n) is 1.33. The van der Waals surface area contributed by atoms with E-state index in [0.717, 1.165) is 6.08 Å². The van der Waals surface area contributed by atoms with E-state index in [9.17, 15) is 9.59 Å². The molecule has 1 aliphatic rings. The molecule has 0 saturated carbocycles. The van der Waals surface area contributed by atoms with Crippen LogP contribution >= 0.6 is 0 Å². The second kappa shape index (κ2) is 3.69. The summed E-state index contributed by atoms with van der Waals surface area (Å²) in [7, 11) is 0. The number of nitrogens with zero attached hydrogens (tertiary/aromatic N) is 1. The summed E-state index contributed by atoms with van der Waals surface area (Å²) in [5, 5.41) is 11.2. The maximum Gasteiger partial charge on any atom is 0.329 e. The van der Waals surface area contributed by atoms with Crippen molar-refractivity contribution in [1.82, 2.24) is 10.2 Å². The van der Waals surface area contributed by atoms with Gasteiger partial charge in [0.05, 0.1) is 0 Å². The van der Waals surface area contributed by atoms with Crippen molar-refractivity contribution in [2.24, 2.45) is 0 Å². The Balaban J connectivity index is 2.77. The van der Waals surface area contributed by atoms with Crippen molar-refractivity contribution in [2.45, 2.75) is 19.4 Å². The van der Waals surface area contributed by atoms with Gasteiger partial charge in [0, 0.05) is 25.4 Å². The summed E-state index contributed by atoms with van der Waals surface area (Å²) < 4.78 is 0. The van der Waals surface area contributed by atoms with Gasteiger partial charge in [-0.25, -0.2) is 4.79 Å². The number of hydrogen-bond acceptors (Lipinski definition) is 3. The van der Waals surface area contributed by atoms with Gasteiger partial charge in [0.2, 0.25) is 5.91 Å². The quantitative estimate of drug-likeness (QED) is 0.603. The van der Waals surface area contributed by atoms with Crippen LogP contribution in [-0.4, -0.2) is 40.5 Å². The van der Waals surface area contributed by atoms with E-state index in [4.69, 9.17) is 5.11 Å². The number of nitrogens with one attached hydrogen (secondary N) is 1. The normalized spacial score (nSPS) is 21.0. The third kappa shape index (κ3) is 2.04. The highest BCUT2D eigenvalue weighted by atomic mass is 16.4. The molecule has 1 amide bonds. The van der Waals surface area contributed by atoms with Gasteiger partial charge in [0.1, 0.15) is 5.54 Å². The molecule has 1 saturated heterocycles. The van der Waals surface area contributed by atoms with E-state index < -0.39 is 11.5 Å². The van der Waals surface area contributed by atoms with Crippen molar-refractivity contribution in [2.75, 3.05) is 13.1 Å². The van der Waals surface area contributed by atoms with Crippen LogP contribution in [0, 0.1) is 0 Å². The Morgan fingerprint density at radius 1 is 1.64 bits per heavy atom. The first kappa shape index (κ1) is 10.6. The number of carbonyl (C=O) groups excluding carboxylic acids is 1. The predicted octanol–water partition coefficient (Wildman–Crippen LogP) is -0.205. The molecule has 1 fully saturated rings. The van der Waals surface area contributed by atoms with Gasteiger partial charge in [-0.1, -0.05) is 0 Å². The predicted molar refractivity (Wildman–Crippen MR) is 50.6 cm³/mol. The molecule has 0 bridgehead atoms. The third-order valence-corrected chi connectivity index (χ3v) is 2.31. The number of carboxylic acids is 1. The summed E-state index contributed by atoms with van der Waals surface area (Å²) in [6, 6.07) is 0. The third-order valence-electron chi connectivity index (χ3n) is 2.31. The lowest BCUT2D eigenvalue weighted by atomic mass is 10.00. The van der Waals surface area contributed by atoms with Gasteiger partial charge in [-0.2, -0.15) is 0 Å². The molecule has 1 heterocycles. The van der Waals surface area contributed by atoms with Gasteiger partial charge in [-0.15, -0.1) is 0 Å². The molecular formula is C9H14N2O3. The summed E-state index contributed by atoms with van der Waals surface area (Å²) in [4.78, 5) is 23.5. The monoisotopic (exact) mass is 198 g/mol. The minimum Gasteiger partial charge on any atom is -0.478 e. The van der Waals surface area contributed by atoms with E-state index in [2.05, 4.69) is 5.32 Å². The molecular weight excluding hydrogens is 184 g/mol. The van der Waals surface area contributed by atoms with Crippen LogP contribution in [-0.2, 0) is 9.59 Å². The van der Waals surface area contributed by atoms with Crippen LogP contribution < -0.4 is 5.32 Å². The van der Waals surface area contributed by atoms with Crippen molar-refractivity contribution in [3.63, 3.8) is 0 Å². The molecule has 78 valence electrons. The number of piperazine rings is 1. The number of hydrogen-bond donors (Lipinski definition) is 2. The van der Waals surface area contributed by atoms with E-state index in [1.807, 2.05) is 0 Å². The first-order valence-corrected chi connectivity index (χ1v) is 4.41. The summed E-state index contributed by atoms with van der Waals surface area (Å²) in [6.45, 7) is 4.69. The molecule has 14 heavy (non-hydrogen) atoms. The number of amides is 1. The SMILES string of the molecule is CC1(C)C(=O)NCCN1C=CC(=O)O. The van der Waals surface area contributed by atoms with Crippen LogP contribution in [0.1, 0.15) is 13.8 Å². The smallest absolute Gasteiger partial charge is 0.329 e. The fraction of sp³-hybridized carbons (Fsp3) is 0.556. The van der Waals surface area contributed by atoms with E-state index in [0.29, 0.717) is 13.1 Å². The number of rotatable bonds is 2. The van der Waals surface area contributed by atoms with Crippen LogP contribution in [0.5, 0.6) is 0 Å². The van der Waals surface area contributed by atoms with Crippen LogP contribution in [0.15, 0.2) is 12.3 Å². The lowest BCUT2D eigenvalue weighted by Crippen LogP contribution is -2.59. The minimum absolute atomic E-state index is 0.0845. The van der Waals surface area contributed by atoms with Crippen LogP contribution in [0.25, 0.3) is 0 Å². The highest BCUT2D eigenvalue weighted by Crippen LogP contribution is 2.17. The molecule has 1 aliphatic heterocycles. The van der Waals surface area contributed by atoms with Gasteiger partial charge in [-0.3, -0.25) is 4.79 Å². The molecule has 5 heteroatoms. The average Bonchev–Trinajstić information content (AvgIpc) is 2.07. The Morgan fingerprint density at radius 3 is 2.86 bits per heavy atom. The topological polar surface area (TPSA) is 69.6 Å². The maximum atomic E-state index is 11.4. The summed E-state index contributed by atoms with van der Waals surface area (Å²) in [5.74, 6) is -1.09. The largest absolute Gasteiger partial charge is 0.478 e.